The molecule has 24 heavy (non-hydrogen) atoms. The lowest BCUT2D eigenvalue weighted by Crippen LogP contribution is -2.37. The topological polar surface area (TPSA) is 59.0 Å². The summed E-state index contributed by atoms with van der Waals surface area (Å²) in [6.45, 7) is 3.52. The summed E-state index contributed by atoms with van der Waals surface area (Å²) in [5.41, 5.74) is 0.693. The van der Waals surface area contributed by atoms with Gasteiger partial charge in [-0.2, -0.15) is 0 Å². The maximum absolute atomic E-state index is 13.7. The third-order valence-corrected chi connectivity index (χ3v) is 4.45. The van der Waals surface area contributed by atoms with Crippen LogP contribution >= 0.6 is 0 Å². The van der Waals surface area contributed by atoms with Crippen molar-refractivity contribution in [1.29, 1.82) is 0 Å². The van der Waals surface area contributed by atoms with Crippen LogP contribution in [0.3, 0.4) is 0 Å². The lowest BCUT2D eigenvalue weighted by molar-refractivity contribution is 0.240. The molecule has 1 aliphatic carbocycles. The van der Waals surface area contributed by atoms with E-state index >= 15 is 0 Å². The molecule has 5 nitrogen and oxygen atoms in total. The van der Waals surface area contributed by atoms with E-state index in [1.807, 2.05) is 19.2 Å². The average molecular weight is 330 g/mol. The molecule has 1 heterocycles. The van der Waals surface area contributed by atoms with E-state index in [0.717, 1.165) is 31.6 Å². The average Bonchev–Trinajstić information content (AvgIpc) is 3.19. The maximum atomic E-state index is 13.7. The number of carbonyl (C=O) groups is 1. The molecule has 0 spiro atoms. The molecular formula is C18H23FN4O. The second-order valence-electron chi connectivity index (χ2n) is 6.25. The van der Waals surface area contributed by atoms with Crippen molar-refractivity contribution >= 4 is 6.03 Å². The number of hydrogen-bond donors (Lipinski definition) is 2. The fourth-order valence-electron chi connectivity index (χ4n) is 2.94. The lowest BCUT2D eigenvalue weighted by atomic mass is 10.1. The number of rotatable bonds is 7. The van der Waals surface area contributed by atoms with Gasteiger partial charge in [0.1, 0.15) is 11.6 Å². The van der Waals surface area contributed by atoms with E-state index in [-0.39, 0.29) is 23.8 Å². The molecule has 1 aromatic carbocycles. The Morgan fingerprint density at radius 3 is 2.96 bits per heavy atom. The summed E-state index contributed by atoms with van der Waals surface area (Å²) in [5.74, 6) is 0.914. The van der Waals surface area contributed by atoms with E-state index in [0.29, 0.717) is 12.1 Å². The SMILES string of the molecule is Cc1nccn1CCCCNC(=O)N[C@@H]1C[C@@H]1c1ccccc1F. The van der Waals surface area contributed by atoms with E-state index in [1.165, 1.54) is 6.07 Å². The van der Waals surface area contributed by atoms with Gasteiger partial charge in [0.25, 0.3) is 0 Å². The van der Waals surface area contributed by atoms with E-state index < -0.39 is 0 Å². The number of hydrogen-bond acceptors (Lipinski definition) is 2. The number of halogens is 1. The zero-order valence-electron chi connectivity index (χ0n) is 13.8. The normalized spacial score (nSPS) is 19.1. The molecule has 0 radical (unpaired) electrons. The number of urea groups is 1. The largest absolute Gasteiger partial charge is 0.338 e. The predicted octanol–water partition coefficient (Wildman–Crippen LogP) is 2.97. The van der Waals surface area contributed by atoms with E-state index in [9.17, 15) is 9.18 Å². The molecule has 2 atom stereocenters. The molecule has 1 aliphatic rings. The van der Waals surface area contributed by atoms with Gasteiger partial charge < -0.3 is 15.2 Å². The summed E-state index contributed by atoms with van der Waals surface area (Å²) in [7, 11) is 0. The van der Waals surface area contributed by atoms with Gasteiger partial charge in [-0.3, -0.25) is 0 Å². The minimum atomic E-state index is -0.193. The molecule has 3 rings (SSSR count). The summed E-state index contributed by atoms with van der Waals surface area (Å²) < 4.78 is 15.8. The van der Waals surface area contributed by atoms with Crippen LogP contribution in [-0.4, -0.2) is 28.2 Å². The number of nitrogens with zero attached hydrogens (tertiary/aromatic N) is 2. The third kappa shape index (κ3) is 4.13. The Hall–Kier alpha value is -2.37. The van der Waals surface area contributed by atoms with Crippen molar-refractivity contribution in [1.82, 2.24) is 20.2 Å². The lowest BCUT2D eigenvalue weighted by Gasteiger charge is -2.08. The fourth-order valence-corrected chi connectivity index (χ4v) is 2.94. The number of amides is 2. The molecule has 2 aromatic rings. The van der Waals surface area contributed by atoms with E-state index in [1.54, 1.807) is 18.3 Å². The van der Waals surface area contributed by atoms with Gasteiger partial charge in [0.2, 0.25) is 0 Å². The van der Waals surface area contributed by atoms with Gasteiger partial charge in [0.15, 0.2) is 0 Å². The first kappa shape index (κ1) is 16.5. The van der Waals surface area contributed by atoms with Crippen LogP contribution in [0.2, 0.25) is 0 Å². The van der Waals surface area contributed by atoms with Gasteiger partial charge in [-0.05, 0) is 37.8 Å². The number of carbonyl (C=O) groups excluding carboxylic acids is 1. The Labute approximate surface area is 141 Å². The van der Waals surface area contributed by atoms with Gasteiger partial charge in [0.05, 0.1) is 0 Å². The van der Waals surface area contributed by atoms with Crippen molar-refractivity contribution in [3.8, 4) is 0 Å². The van der Waals surface area contributed by atoms with Crippen LogP contribution in [0.5, 0.6) is 0 Å². The Bertz CT molecular complexity index is 700. The molecule has 2 amide bonds. The van der Waals surface area contributed by atoms with Crippen LogP contribution in [0.4, 0.5) is 9.18 Å². The quantitative estimate of drug-likeness (QED) is 0.767. The first-order valence-electron chi connectivity index (χ1n) is 8.41. The molecule has 128 valence electrons. The highest BCUT2D eigenvalue weighted by molar-refractivity contribution is 5.74. The maximum Gasteiger partial charge on any atom is 0.315 e. The van der Waals surface area contributed by atoms with Crippen LogP contribution in [0.15, 0.2) is 36.7 Å². The smallest absolute Gasteiger partial charge is 0.315 e. The number of aryl methyl sites for hydroxylation is 2. The Balaban J connectivity index is 1.31. The van der Waals surface area contributed by atoms with Crippen molar-refractivity contribution in [3.63, 3.8) is 0 Å². The summed E-state index contributed by atoms with van der Waals surface area (Å²) in [5, 5.41) is 5.78. The highest BCUT2D eigenvalue weighted by Crippen LogP contribution is 2.41. The number of unbranched alkanes of at least 4 members (excludes halogenated alkanes) is 1. The first-order valence-corrected chi connectivity index (χ1v) is 8.41. The van der Waals surface area contributed by atoms with Crippen LogP contribution in [0.25, 0.3) is 0 Å². The summed E-state index contributed by atoms with van der Waals surface area (Å²) >= 11 is 0. The van der Waals surface area contributed by atoms with E-state index in [4.69, 9.17) is 0 Å². The molecule has 1 fully saturated rings. The van der Waals surface area contributed by atoms with Gasteiger partial charge in [-0.15, -0.1) is 0 Å². The van der Waals surface area contributed by atoms with Gasteiger partial charge in [-0.1, -0.05) is 18.2 Å². The molecule has 0 saturated heterocycles. The van der Waals surface area contributed by atoms with Gasteiger partial charge >= 0.3 is 6.03 Å². The standard InChI is InChI=1S/C18H23FN4O/c1-13-20-9-11-23(13)10-5-4-8-21-18(24)22-17-12-15(17)14-6-2-3-7-16(14)19/h2-3,6-7,9,11,15,17H,4-5,8,10,12H2,1H3,(H2,21,22,24)/t15-,17-/m1/s1. The Morgan fingerprint density at radius 1 is 1.38 bits per heavy atom. The van der Waals surface area contributed by atoms with Gasteiger partial charge in [0, 0.05) is 37.4 Å². The second kappa shape index (κ2) is 7.47. The fraction of sp³-hybridized carbons (Fsp3) is 0.444. The van der Waals surface area contributed by atoms with Crippen molar-refractivity contribution in [2.45, 2.75) is 44.7 Å². The highest BCUT2D eigenvalue weighted by atomic mass is 19.1. The van der Waals surface area contributed by atoms with Crippen molar-refractivity contribution in [2.24, 2.45) is 0 Å². The van der Waals surface area contributed by atoms with Crippen LogP contribution in [0.1, 0.15) is 36.6 Å². The van der Waals surface area contributed by atoms with Gasteiger partial charge in [-0.25, -0.2) is 14.2 Å². The minimum absolute atomic E-state index is 0.0375. The molecule has 0 unspecified atom stereocenters. The first-order chi connectivity index (χ1) is 11.6. The summed E-state index contributed by atoms with van der Waals surface area (Å²) in [6.07, 6.45) is 6.45. The number of aromatic nitrogens is 2. The van der Waals surface area contributed by atoms with Crippen LogP contribution in [-0.2, 0) is 6.54 Å². The number of benzene rings is 1. The highest BCUT2D eigenvalue weighted by Gasteiger charge is 2.40. The summed E-state index contributed by atoms with van der Waals surface area (Å²) in [4.78, 5) is 16.0. The molecule has 0 aliphatic heterocycles. The zero-order valence-corrected chi connectivity index (χ0v) is 13.8. The van der Waals surface area contributed by atoms with Crippen LogP contribution in [0, 0.1) is 12.7 Å². The van der Waals surface area contributed by atoms with Crippen LogP contribution < -0.4 is 10.6 Å². The zero-order chi connectivity index (χ0) is 16.9. The minimum Gasteiger partial charge on any atom is -0.338 e. The van der Waals surface area contributed by atoms with E-state index in [2.05, 4.69) is 20.2 Å². The Kier molecular flexibility index (Phi) is 5.13. The molecule has 2 N–H and O–H groups in total. The Morgan fingerprint density at radius 2 is 2.21 bits per heavy atom. The van der Waals surface area contributed by atoms with Crippen molar-refractivity contribution < 1.29 is 9.18 Å². The predicted molar refractivity (Wildman–Crippen MR) is 90.3 cm³/mol. The molecular weight excluding hydrogens is 307 g/mol. The molecule has 1 saturated carbocycles. The van der Waals surface area contributed by atoms with Crippen molar-refractivity contribution in [2.75, 3.05) is 6.54 Å². The number of imidazole rings is 1. The molecule has 6 heteroatoms. The monoisotopic (exact) mass is 330 g/mol. The molecule has 0 bridgehead atoms. The van der Waals surface area contributed by atoms with Crippen molar-refractivity contribution in [3.05, 3.63) is 53.9 Å². The second-order valence-corrected chi connectivity index (χ2v) is 6.25. The molecule has 1 aromatic heterocycles. The number of nitrogens with one attached hydrogen (secondary N) is 2. The summed E-state index contributed by atoms with van der Waals surface area (Å²) in [6, 6.07) is 6.63. The third-order valence-electron chi connectivity index (χ3n) is 4.45.